The van der Waals surface area contributed by atoms with E-state index in [2.05, 4.69) is 0 Å². The Morgan fingerprint density at radius 1 is 1.36 bits per heavy atom. The Hall–Kier alpha value is -0.860. The first kappa shape index (κ1) is 9.69. The fraction of sp³-hybridized carbons (Fsp3) is 0.818. The first-order valence-electron chi connectivity index (χ1n) is 5.45. The molecule has 0 aromatic rings. The number of hydrogen-bond acceptors (Lipinski definition) is 2. The molecule has 3 nitrogen and oxygen atoms in total. The van der Waals surface area contributed by atoms with Gasteiger partial charge in [-0.05, 0) is 31.6 Å². The maximum Gasteiger partial charge on any atom is 0.222 e. The molecule has 1 saturated carbocycles. The first-order chi connectivity index (χ1) is 6.65. The minimum atomic E-state index is -0.0961. The molecular formula is C11H17NO2. The zero-order valence-electron chi connectivity index (χ0n) is 8.82. The van der Waals surface area contributed by atoms with E-state index in [0.29, 0.717) is 18.3 Å². The lowest BCUT2D eigenvalue weighted by Gasteiger charge is -2.32. The summed E-state index contributed by atoms with van der Waals surface area (Å²) in [4.78, 5) is 24.9. The molecule has 1 saturated heterocycles. The van der Waals surface area contributed by atoms with Crippen molar-refractivity contribution >= 4 is 11.7 Å². The molecule has 0 aromatic heterocycles. The third kappa shape index (κ3) is 1.26. The summed E-state index contributed by atoms with van der Waals surface area (Å²) >= 11 is 0. The molecule has 0 bridgehead atoms. The van der Waals surface area contributed by atoms with Crippen molar-refractivity contribution in [3.63, 3.8) is 0 Å². The molecule has 1 aliphatic heterocycles. The fourth-order valence-corrected chi connectivity index (χ4v) is 2.82. The third-order valence-corrected chi connectivity index (χ3v) is 3.69. The van der Waals surface area contributed by atoms with Gasteiger partial charge in [-0.25, -0.2) is 0 Å². The quantitative estimate of drug-likeness (QED) is 0.664. The monoisotopic (exact) mass is 195 g/mol. The fourth-order valence-electron chi connectivity index (χ4n) is 2.82. The van der Waals surface area contributed by atoms with E-state index in [-0.39, 0.29) is 17.7 Å². The molecule has 0 unspecified atom stereocenters. The lowest BCUT2D eigenvalue weighted by atomic mass is 9.72. The van der Waals surface area contributed by atoms with E-state index in [1.54, 1.807) is 6.92 Å². The summed E-state index contributed by atoms with van der Waals surface area (Å²) in [6, 6.07) is -0.0961. The molecular weight excluding hydrogens is 178 g/mol. The SMILES string of the molecule is CCC(=O)N1C[C@@H]2CC[C@@H]2[C@H]1C(C)=O. The van der Waals surface area contributed by atoms with Gasteiger partial charge in [-0.3, -0.25) is 9.59 Å². The van der Waals surface area contributed by atoms with Crippen molar-refractivity contribution in [2.24, 2.45) is 11.8 Å². The van der Waals surface area contributed by atoms with Crippen LogP contribution < -0.4 is 0 Å². The summed E-state index contributed by atoms with van der Waals surface area (Å²) in [7, 11) is 0. The Bertz CT molecular complexity index is 274. The lowest BCUT2D eigenvalue weighted by Crippen LogP contribution is -2.42. The van der Waals surface area contributed by atoms with Gasteiger partial charge in [-0.15, -0.1) is 0 Å². The van der Waals surface area contributed by atoms with Crippen molar-refractivity contribution in [1.82, 2.24) is 4.90 Å². The maximum atomic E-state index is 11.6. The van der Waals surface area contributed by atoms with Crippen LogP contribution >= 0.6 is 0 Å². The number of hydrogen-bond donors (Lipinski definition) is 0. The van der Waals surface area contributed by atoms with Gasteiger partial charge in [0.05, 0.1) is 6.04 Å². The molecule has 78 valence electrons. The minimum Gasteiger partial charge on any atom is -0.332 e. The Kier molecular flexibility index (Phi) is 2.33. The smallest absolute Gasteiger partial charge is 0.222 e. The predicted molar refractivity (Wildman–Crippen MR) is 52.7 cm³/mol. The van der Waals surface area contributed by atoms with Crippen LogP contribution in [0.1, 0.15) is 33.1 Å². The Balaban J connectivity index is 2.16. The van der Waals surface area contributed by atoms with Crippen LogP contribution in [0.3, 0.4) is 0 Å². The van der Waals surface area contributed by atoms with Gasteiger partial charge in [0.25, 0.3) is 0 Å². The molecule has 14 heavy (non-hydrogen) atoms. The highest BCUT2D eigenvalue weighted by molar-refractivity contribution is 5.88. The zero-order chi connectivity index (χ0) is 10.3. The second kappa shape index (κ2) is 3.37. The summed E-state index contributed by atoms with van der Waals surface area (Å²) in [5.74, 6) is 1.39. The van der Waals surface area contributed by atoms with E-state index in [9.17, 15) is 9.59 Å². The number of carbonyl (C=O) groups excluding carboxylic acids is 2. The third-order valence-electron chi connectivity index (χ3n) is 3.69. The van der Waals surface area contributed by atoms with Crippen LogP contribution in [-0.2, 0) is 9.59 Å². The van der Waals surface area contributed by atoms with E-state index in [1.807, 2.05) is 11.8 Å². The van der Waals surface area contributed by atoms with Gasteiger partial charge in [-0.2, -0.15) is 0 Å². The van der Waals surface area contributed by atoms with Crippen molar-refractivity contribution < 1.29 is 9.59 Å². The highest BCUT2D eigenvalue weighted by atomic mass is 16.2. The van der Waals surface area contributed by atoms with Crippen molar-refractivity contribution in [2.45, 2.75) is 39.2 Å². The molecule has 2 aliphatic rings. The second-order valence-corrected chi connectivity index (χ2v) is 4.46. The number of Topliss-reactive ketones (excluding diaryl/α,β-unsaturated/α-hetero) is 1. The average Bonchev–Trinajstić information content (AvgIpc) is 2.37. The van der Waals surface area contributed by atoms with Gasteiger partial charge in [0.1, 0.15) is 0 Å². The molecule has 1 heterocycles. The van der Waals surface area contributed by atoms with E-state index < -0.39 is 0 Å². The van der Waals surface area contributed by atoms with Crippen molar-refractivity contribution in [3.8, 4) is 0 Å². The molecule has 1 aliphatic carbocycles. The highest BCUT2D eigenvalue weighted by Crippen LogP contribution is 2.45. The molecule has 2 rings (SSSR count). The number of ketones is 1. The summed E-state index contributed by atoms with van der Waals surface area (Å²) in [5.41, 5.74) is 0. The van der Waals surface area contributed by atoms with Crippen molar-refractivity contribution in [1.29, 1.82) is 0 Å². The van der Waals surface area contributed by atoms with Crippen LogP contribution in [0, 0.1) is 11.8 Å². The maximum absolute atomic E-state index is 11.6. The van der Waals surface area contributed by atoms with Crippen molar-refractivity contribution in [2.75, 3.05) is 6.54 Å². The molecule has 0 N–H and O–H groups in total. The molecule has 1 amide bonds. The largest absolute Gasteiger partial charge is 0.332 e. The van der Waals surface area contributed by atoms with E-state index in [0.717, 1.165) is 13.0 Å². The average molecular weight is 195 g/mol. The standard InChI is InChI=1S/C11H17NO2/c1-3-10(14)12-6-8-4-5-9(8)11(12)7(2)13/h8-9,11H,3-6H2,1-2H3/t8-,9-,11+/m0/s1. The molecule has 3 heteroatoms. The van der Waals surface area contributed by atoms with E-state index in [1.165, 1.54) is 6.42 Å². The van der Waals surface area contributed by atoms with Gasteiger partial charge in [0, 0.05) is 13.0 Å². The summed E-state index contributed by atoms with van der Waals surface area (Å²) < 4.78 is 0. The summed E-state index contributed by atoms with van der Waals surface area (Å²) in [6.07, 6.45) is 2.84. The summed E-state index contributed by atoms with van der Waals surface area (Å²) in [5, 5.41) is 0. The lowest BCUT2D eigenvalue weighted by molar-refractivity contribution is -0.137. The number of rotatable bonds is 2. The van der Waals surface area contributed by atoms with Crippen LogP contribution in [0.5, 0.6) is 0 Å². The first-order valence-corrected chi connectivity index (χ1v) is 5.45. The molecule has 2 fully saturated rings. The number of amides is 1. The number of likely N-dealkylation sites (tertiary alicyclic amines) is 1. The number of fused-ring (bicyclic) bond motifs is 1. The van der Waals surface area contributed by atoms with E-state index >= 15 is 0 Å². The van der Waals surface area contributed by atoms with Gasteiger partial charge >= 0.3 is 0 Å². The van der Waals surface area contributed by atoms with Gasteiger partial charge in [0.2, 0.25) is 5.91 Å². The van der Waals surface area contributed by atoms with Crippen LogP contribution in [0.4, 0.5) is 0 Å². The van der Waals surface area contributed by atoms with Gasteiger partial charge in [-0.1, -0.05) is 6.92 Å². The van der Waals surface area contributed by atoms with Crippen molar-refractivity contribution in [3.05, 3.63) is 0 Å². The molecule has 0 aromatic carbocycles. The van der Waals surface area contributed by atoms with Crippen LogP contribution in [-0.4, -0.2) is 29.2 Å². The second-order valence-electron chi connectivity index (χ2n) is 4.46. The topological polar surface area (TPSA) is 37.4 Å². The highest BCUT2D eigenvalue weighted by Gasteiger charge is 2.49. The van der Waals surface area contributed by atoms with Crippen LogP contribution in [0.25, 0.3) is 0 Å². The van der Waals surface area contributed by atoms with Crippen LogP contribution in [0.15, 0.2) is 0 Å². The van der Waals surface area contributed by atoms with Crippen LogP contribution in [0.2, 0.25) is 0 Å². The molecule has 3 atom stereocenters. The van der Waals surface area contributed by atoms with E-state index in [4.69, 9.17) is 0 Å². The Morgan fingerprint density at radius 2 is 2.07 bits per heavy atom. The number of carbonyl (C=O) groups is 2. The summed E-state index contributed by atoms with van der Waals surface area (Å²) in [6.45, 7) is 4.29. The van der Waals surface area contributed by atoms with Gasteiger partial charge in [0.15, 0.2) is 5.78 Å². The normalized spacial score (nSPS) is 35.0. The Labute approximate surface area is 84.5 Å². The zero-order valence-corrected chi connectivity index (χ0v) is 8.82. The molecule has 0 radical (unpaired) electrons. The predicted octanol–water partition coefficient (Wildman–Crippen LogP) is 1.22. The van der Waals surface area contributed by atoms with Gasteiger partial charge < -0.3 is 4.90 Å². The molecule has 0 spiro atoms. The minimum absolute atomic E-state index is 0.0961. The number of nitrogens with zero attached hydrogens (tertiary/aromatic N) is 1. The Morgan fingerprint density at radius 3 is 2.50 bits per heavy atom.